The lowest BCUT2D eigenvalue weighted by Crippen LogP contribution is -2.34. The Morgan fingerprint density at radius 1 is 1.18 bits per heavy atom. The number of alkyl carbamates (subject to hydrolysis) is 1. The van der Waals surface area contributed by atoms with Crippen molar-refractivity contribution in [1.29, 1.82) is 0 Å². The van der Waals surface area contributed by atoms with Crippen LogP contribution in [0.25, 0.3) is 32.1 Å². The predicted molar refractivity (Wildman–Crippen MR) is 139 cm³/mol. The molecular formula is C27H30N2O4S. The van der Waals surface area contributed by atoms with Crippen molar-refractivity contribution in [2.24, 2.45) is 0 Å². The van der Waals surface area contributed by atoms with Gasteiger partial charge in [-0.2, -0.15) is 0 Å². The number of rotatable bonds is 5. The zero-order valence-electron chi connectivity index (χ0n) is 20.4. The van der Waals surface area contributed by atoms with E-state index in [1.807, 2.05) is 51.3 Å². The Balaban J connectivity index is 1.72. The van der Waals surface area contributed by atoms with Crippen molar-refractivity contribution < 1.29 is 14.3 Å². The SMILES string of the molecule is COc1cc(C)c2[nH]c(=O)c3csc(-c4cccc(C(C)CNC(=O)OC(C)(C)C)c4)c3c2c1. The van der Waals surface area contributed by atoms with Gasteiger partial charge < -0.3 is 19.8 Å². The van der Waals surface area contributed by atoms with Crippen LogP contribution in [0.4, 0.5) is 4.79 Å². The first-order chi connectivity index (χ1) is 16.1. The third kappa shape index (κ3) is 4.80. The standard InChI is InChI=1S/C27H30N2O4S/c1-15-10-19(32-6)12-20-22-21(25(30)29-23(15)20)14-34-24(22)18-9-7-8-17(11-18)16(2)13-28-26(31)33-27(3,4)5/h7-12,14,16H,13H2,1-6H3,(H,28,31)(H,29,30). The normalized spacial score (nSPS) is 12.6. The number of hydrogen-bond donors (Lipinski definition) is 2. The Morgan fingerprint density at radius 2 is 1.94 bits per heavy atom. The summed E-state index contributed by atoms with van der Waals surface area (Å²) in [4.78, 5) is 29.0. The highest BCUT2D eigenvalue weighted by Crippen LogP contribution is 2.39. The lowest BCUT2D eigenvalue weighted by Gasteiger charge is -2.21. The smallest absolute Gasteiger partial charge is 0.407 e. The molecule has 0 aliphatic rings. The number of aromatic amines is 1. The minimum absolute atomic E-state index is 0.0844. The molecule has 7 heteroatoms. The van der Waals surface area contributed by atoms with Gasteiger partial charge in [-0.3, -0.25) is 4.79 Å². The number of aryl methyl sites for hydroxylation is 1. The summed E-state index contributed by atoms with van der Waals surface area (Å²) in [6, 6.07) is 12.2. The summed E-state index contributed by atoms with van der Waals surface area (Å²) in [6.07, 6.45) is -0.422. The number of fused-ring (bicyclic) bond motifs is 3. The fourth-order valence-corrected chi connectivity index (χ4v) is 5.14. The summed E-state index contributed by atoms with van der Waals surface area (Å²) in [5, 5.41) is 7.34. The van der Waals surface area contributed by atoms with Gasteiger partial charge in [0.05, 0.1) is 18.0 Å². The van der Waals surface area contributed by atoms with Crippen LogP contribution in [0.2, 0.25) is 0 Å². The first kappa shape index (κ1) is 23.8. The number of aromatic nitrogens is 1. The van der Waals surface area contributed by atoms with Gasteiger partial charge in [-0.05, 0) is 68.5 Å². The monoisotopic (exact) mass is 478 g/mol. The third-order valence-electron chi connectivity index (χ3n) is 5.76. The van der Waals surface area contributed by atoms with Crippen LogP contribution < -0.4 is 15.6 Å². The number of carbonyl (C=O) groups is 1. The molecule has 4 aromatic rings. The molecule has 1 atom stereocenters. The van der Waals surface area contributed by atoms with Crippen LogP contribution in [0, 0.1) is 6.92 Å². The molecule has 6 nitrogen and oxygen atoms in total. The van der Waals surface area contributed by atoms with E-state index in [2.05, 4.69) is 35.4 Å². The zero-order valence-corrected chi connectivity index (χ0v) is 21.2. The highest BCUT2D eigenvalue weighted by molar-refractivity contribution is 7.15. The Labute approximate surface area is 202 Å². The van der Waals surface area contributed by atoms with E-state index in [-0.39, 0.29) is 11.5 Å². The maximum absolute atomic E-state index is 12.8. The molecule has 0 radical (unpaired) electrons. The van der Waals surface area contributed by atoms with Gasteiger partial charge in [0.25, 0.3) is 5.56 Å². The van der Waals surface area contributed by atoms with Crippen LogP contribution in [0.15, 0.2) is 46.6 Å². The molecule has 2 N–H and O–H groups in total. The van der Waals surface area contributed by atoms with Gasteiger partial charge >= 0.3 is 6.09 Å². The van der Waals surface area contributed by atoms with E-state index in [4.69, 9.17) is 9.47 Å². The topological polar surface area (TPSA) is 80.4 Å². The minimum atomic E-state index is -0.533. The predicted octanol–water partition coefficient (Wildman–Crippen LogP) is 6.36. The number of thiophene rings is 1. The first-order valence-electron chi connectivity index (χ1n) is 11.3. The first-order valence-corrected chi connectivity index (χ1v) is 12.1. The van der Waals surface area contributed by atoms with Gasteiger partial charge in [-0.15, -0.1) is 11.3 Å². The summed E-state index contributed by atoms with van der Waals surface area (Å²) in [6.45, 7) is 10.0. The average Bonchev–Trinajstić information content (AvgIpc) is 3.23. The molecule has 1 unspecified atom stereocenters. The lowest BCUT2D eigenvalue weighted by atomic mass is 9.96. The molecule has 2 heterocycles. The fourth-order valence-electron chi connectivity index (χ4n) is 4.08. The Hall–Kier alpha value is -3.32. The second kappa shape index (κ2) is 9.14. The summed E-state index contributed by atoms with van der Waals surface area (Å²) in [5.41, 5.74) is 3.29. The maximum Gasteiger partial charge on any atom is 0.407 e. The molecule has 0 bridgehead atoms. The van der Waals surface area contributed by atoms with E-state index in [1.165, 1.54) is 0 Å². The van der Waals surface area contributed by atoms with E-state index >= 15 is 0 Å². The molecule has 4 rings (SSSR count). The Kier molecular flexibility index (Phi) is 6.41. The van der Waals surface area contributed by atoms with Gasteiger partial charge in [0.1, 0.15) is 11.4 Å². The molecule has 0 spiro atoms. The lowest BCUT2D eigenvalue weighted by molar-refractivity contribution is 0.0525. The number of nitrogens with one attached hydrogen (secondary N) is 2. The maximum atomic E-state index is 12.8. The number of pyridine rings is 1. The van der Waals surface area contributed by atoms with E-state index in [1.54, 1.807) is 18.4 Å². The molecule has 178 valence electrons. The highest BCUT2D eigenvalue weighted by Gasteiger charge is 2.19. The second-order valence-corrected chi connectivity index (χ2v) is 10.5. The van der Waals surface area contributed by atoms with Crippen molar-refractivity contribution in [1.82, 2.24) is 10.3 Å². The van der Waals surface area contributed by atoms with Gasteiger partial charge in [0.2, 0.25) is 0 Å². The largest absolute Gasteiger partial charge is 0.497 e. The van der Waals surface area contributed by atoms with Crippen LogP contribution in [-0.4, -0.2) is 30.3 Å². The fraction of sp³-hybridized carbons (Fsp3) is 0.333. The molecule has 2 aromatic carbocycles. The molecule has 0 aliphatic carbocycles. The van der Waals surface area contributed by atoms with Gasteiger partial charge in [-0.1, -0.05) is 25.1 Å². The van der Waals surface area contributed by atoms with Crippen molar-refractivity contribution in [3.8, 4) is 16.2 Å². The second-order valence-electron chi connectivity index (χ2n) is 9.58. The van der Waals surface area contributed by atoms with E-state index in [9.17, 15) is 9.59 Å². The quantitative estimate of drug-likeness (QED) is 0.350. The van der Waals surface area contributed by atoms with E-state index in [0.717, 1.165) is 43.6 Å². The highest BCUT2D eigenvalue weighted by atomic mass is 32.1. The molecule has 34 heavy (non-hydrogen) atoms. The number of benzene rings is 2. The number of methoxy groups -OCH3 is 1. The molecule has 0 fully saturated rings. The number of amides is 1. The zero-order chi connectivity index (χ0) is 24.6. The van der Waals surface area contributed by atoms with Gasteiger partial charge in [0.15, 0.2) is 0 Å². The van der Waals surface area contributed by atoms with E-state index < -0.39 is 11.7 Å². The molecule has 0 aliphatic heterocycles. The van der Waals surface area contributed by atoms with Crippen LogP contribution in [0.3, 0.4) is 0 Å². The summed E-state index contributed by atoms with van der Waals surface area (Å²) < 4.78 is 10.8. The number of ether oxygens (including phenoxy) is 2. The van der Waals surface area contributed by atoms with Crippen molar-refractivity contribution in [2.75, 3.05) is 13.7 Å². The van der Waals surface area contributed by atoms with Crippen molar-refractivity contribution in [3.05, 3.63) is 63.3 Å². The van der Waals surface area contributed by atoms with Crippen LogP contribution in [0.5, 0.6) is 5.75 Å². The molecule has 1 amide bonds. The molecule has 0 saturated carbocycles. The van der Waals surface area contributed by atoms with E-state index in [0.29, 0.717) is 11.9 Å². The van der Waals surface area contributed by atoms with Crippen molar-refractivity contribution in [2.45, 2.75) is 46.1 Å². The number of hydrogen-bond acceptors (Lipinski definition) is 5. The van der Waals surface area contributed by atoms with Gasteiger partial charge in [-0.25, -0.2) is 4.79 Å². The van der Waals surface area contributed by atoms with Gasteiger partial charge in [0, 0.05) is 27.6 Å². The number of carbonyl (C=O) groups excluding carboxylic acids is 1. The number of H-pyrrole nitrogens is 1. The Bertz CT molecular complexity index is 1430. The molecule has 2 aromatic heterocycles. The third-order valence-corrected chi connectivity index (χ3v) is 6.79. The van der Waals surface area contributed by atoms with Crippen molar-refractivity contribution >= 4 is 39.1 Å². The van der Waals surface area contributed by atoms with Crippen LogP contribution >= 0.6 is 11.3 Å². The van der Waals surface area contributed by atoms with Crippen LogP contribution in [-0.2, 0) is 4.74 Å². The summed E-state index contributed by atoms with van der Waals surface area (Å²) in [5.74, 6) is 0.840. The van der Waals surface area contributed by atoms with Crippen molar-refractivity contribution in [3.63, 3.8) is 0 Å². The summed E-state index contributed by atoms with van der Waals surface area (Å²) in [7, 11) is 1.65. The minimum Gasteiger partial charge on any atom is -0.497 e. The average molecular weight is 479 g/mol. The van der Waals surface area contributed by atoms with Crippen LogP contribution in [0.1, 0.15) is 44.7 Å². The Morgan fingerprint density at radius 3 is 2.65 bits per heavy atom. The summed E-state index contributed by atoms with van der Waals surface area (Å²) >= 11 is 1.56. The molecule has 0 saturated heterocycles. The molecular weight excluding hydrogens is 448 g/mol.